The van der Waals surface area contributed by atoms with E-state index in [2.05, 4.69) is 26.8 Å². The van der Waals surface area contributed by atoms with Crippen LogP contribution >= 0.6 is 11.6 Å². The average Bonchev–Trinajstić information content (AvgIpc) is 3.19. The highest BCUT2D eigenvalue weighted by Gasteiger charge is 2.47. The highest BCUT2D eigenvalue weighted by atomic mass is 35.5. The van der Waals surface area contributed by atoms with Gasteiger partial charge in [0.15, 0.2) is 17.0 Å². The molecule has 1 aliphatic rings. The zero-order valence-corrected chi connectivity index (χ0v) is 18.2. The summed E-state index contributed by atoms with van der Waals surface area (Å²) in [6, 6.07) is -0.470. The number of alkyl carbamates (subject to hydrolysis) is 1. The molecular formula is C19H27ClN6O4. The number of amides is 1. The molecule has 3 N–H and O–H groups in total. The number of nitrogen functional groups attached to an aromatic ring is 1. The molecule has 1 aliphatic heterocycles. The summed E-state index contributed by atoms with van der Waals surface area (Å²) in [6.45, 7) is 11.3. The molecule has 0 spiro atoms. The van der Waals surface area contributed by atoms with Gasteiger partial charge in [-0.2, -0.15) is 9.97 Å². The second-order valence-electron chi connectivity index (χ2n) is 7.93. The van der Waals surface area contributed by atoms with Crippen LogP contribution in [0, 0.1) is 0 Å². The number of carbonyl (C=O) groups is 1. The summed E-state index contributed by atoms with van der Waals surface area (Å²) in [7, 11) is 0. The van der Waals surface area contributed by atoms with Crippen LogP contribution in [-0.4, -0.2) is 56.1 Å². The molecular weight excluding hydrogens is 412 g/mol. The topological polar surface area (TPSA) is 126 Å². The molecule has 2 aromatic rings. The van der Waals surface area contributed by atoms with Crippen molar-refractivity contribution in [2.24, 2.45) is 0 Å². The van der Waals surface area contributed by atoms with Gasteiger partial charge in [-0.15, -0.1) is 6.58 Å². The van der Waals surface area contributed by atoms with Crippen LogP contribution in [0.15, 0.2) is 19.0 Å². The van der Waals surface area contributed by atoms with E-state index in [1.165, 1.54) is 0 Å². The summed E-state index contributed by atoms with van der Waals surface area (Å²) in [6.07, 6.45) is 1.73. The lowest BCUT2D eigenvalue weighted by Gasteiger charge is -2.27. The van der Waals surface area contributed by atoms with Crippen molar-refractivity contribution in [1.82, 2.24) is 24.8 Å². The fraction of sp³-hybridized carbons (Fsp3) is 0.579. The molecule has 4 atom stereocenters. The first-order chi connectivity index (χ1) is 14.1. The lowest BCUT2D eigenvalue weighted by atomic mass is 10.0. The molecule has 1 amide bonds. The summed E-state index contributed by atoms with van der Waals surface area (Å²) in [5, 5.41) is 3.04. The number of nitrogens with two attached hydrogens (primary N) is 1. The van der Waals surface area contributed by atoms with Gasteiger partial charge in [0, 0.05) is 0 Å². The third-order valence-corrected chi connectivity index (χ3v) is 4.78. The van der Waals surface area contributed by atoms with Gasteiger partial charge < -0.3 is 25.3 Å². The normalized spacial score (nSPS) is 24.2. The number of aromatic nitrogens is 4. The second kappa shape index (κ2) is 8.75. The van der Waals surface area contributed by atoms with Gasteiger partial charge in [-0.3, -0.25) is 4.57 Å². The number of nitrogens with one attached hydrogen (secondary N) is 1. The first kappa shape index (κ1) is 22.3. The van der Waals surface area contributed by atoms with Gasteiger partial charge in [0.25, 0.3) is 0 Å². The largest absolute Gasteiger partial charge is 0.444 e. The minimum absolute atomic E-state index is 0.0197. The Kier molecular flexibility index (Phi) is 6.49. The van der Waals surface area contributed by atoms with Gasteiger partial charge in [0.2, 0.25) is 5.95 Å². The second-order valence-corrected chi connectivity index (χ2v) is 8.29. The van der Waals surface area contributed by atoms with Crippen LogP contribution in [0.5, 0.6) is 0 Å². The summed E-state index contributed by atoms with van der Waals surface area (Å²) in [5.74, 6) is 0.0197. The van der Waals surface area contributed by atoms with Gasteiger partial charge >= 0.3 is 6.09 Å². The van der Waals surface area contributed by atoms with Crippen molar-refractivity contribution in [3.05, 3.63) is 24.1 Å². The van der Waals surface area contributed by atoms with E-state index in [4.69, 9.17) is 31.5 Å². The number of rotatable bonds is 6. The Balaban J connectivity index is 1.96. The maximum atomic E-state index is 12.5. The van der Waals surface area contributed by atoms with Crippen LogP contribution in [0.25, 0.3) is 11.2 Å². The van der Waals surface area contributed by atoms with Crippen LogP contribution in [0.1, 0.15) is 40.3 Å². The average molecular weight is 439 g/mol. The molecule has 1 saturated heterocycles. The van der Waals surface area contributed by atoms with Gasteiger partial charge in [0.1, 0.15) is 17.2 Å². The molecule has 1 fully saturated rings. The third-order valence-electron chi connectivity index (χ3n) is 4.51. The predicted octanol–water partition coefficient (Wildman–Crippen LogP) is 2.83. The molecule has 0 saturated carbocycles. The highest BCUT2D eigenvalue weighted by molar-refractivity contribution is 6.33. The fourth-order valence-electron chi connectivity index (χ4n) is 3.37. The van der Waals surface area contributed by atoms with E-state index in [9.17, 15) is 4.79 Å². The third kappa shape index (κ3) is 4.66. The van der Waals surface area contributed by atoms with Crippen molar-refractivity contribution >= 4 is 34.8 Å². The van der Waals surface area contributed by atoms with Gasteiger partial charge in [-0.25, -0.2) is 9.78 Å². The smallest absolute Gasteiger partial charge is 0.408 e. The van der Waals surface area contributed by atoms with E-state index >= 15 is 0 Å². The lowest BCUT2D eigenvalue weighted by molar-refractivity contribution is -0.0558. The van der Waals surface area contributed by atoms with E-state index in [1.807, 2.05) is 6.92 Å². The van der Waals surface area contributed by atoms with Crippen LogP contribution in [-0.2, 0) is 14.2 Å². The van der Waals surface area contributed by atoms with Crippen LogP contribution in [0.3, 0.4) is 0 Å². The Bertz CT molecular complexity index is 928. The number of halogens is 1. The standard InChI is InChI=1S/C19H27ClN6O4/c1-6-8-28-13-11(23-18(27)30-19(3,4)5)10(7-2)29-16(13)26-9-22-12-14(20)24-17(21)25-15(12)26/h6,9-11,13,16H,1,7-8H2,2-5H3,(H,23,27)(H2,21,24,25)/t10-,11-,13-,16-/m1/s1. The number of ether oxygens (including phenoxy) is 3. The molecule has 0 radical (unpaired) electrons. The van der Waals surface area contributed by atoms with Gasteiger partial charge in [0.05, 0.1) is 25.1 Å². The number of anilines is 1. The Morgan fingerprint density at radius 2 is 2.20 bits per heavy atom. The van der Waals surface area contributed by atoms with E-state index in [0.29, 0.717) is 17.6 Å². The van der Waals surface area contributed by atoms with Crippen molar-refractivity contribution in [3.63, 3.8) is 0 Å². The first-order valence-electron chi connectivity index (χ1n) is 9.67. The van der Waals surface area contributed by atoms with E-state index in [1.54, 1.807) is 37.7 Å². The Morgan fingerprint density at radius 1 is 1.47 bits per heavy atom. The number of imidazole rings is 1. The molecule has 3 heterocycles. The van der Waals surface area contributed by atoms with Crippen LogP contribution < -0.4 is 11.1 Å². The fourth-order valence-corrected chi connectivity index (χ4v) is 3.59. The quantitative estimate of drug-likeness (QED) is 0.520. The van der Waals surface area contributed by atoms with Crippen molar-refractivity contribution in [1.29, 1.82) is 0 Å². The predicted molar refractivity (Wildman–Crippen MR) is 112 cm³/mol. The molecule has 2 aromatic heterocycles. The maximum Gasteiger partial charge on any atom is 0.408 e. The van der Waals surface area contributed by atoms with Crippen molar-refractivity contribution in [2.45, 2.75) is 64.2 Å². The Morgan fingerprint density at radius 3 is 2.83 bits per heavy atom. The molecule has 0 unspecified atom stereocenters. The van der Waals surface area contributed by atoms with E-state index < -0.39 is 30.1 Å². The molecule has 164 valence electrons. The van der Waals surface area contributed by atoms with Gasteiger partial charge in [-0.05, 0) is 27.2 Å². The zero-order valence-electron chi connectivity index (χ0n) is 17.5. The first-order valence-corrected chi connectivity index (χ1v) is 10.1. The number of carbonyl (C=O) groups excluding carboxylic acids is 1. The van der Waals surface area contributed by atoms with E-state index in [-0.39, 0.29) is 23.8 Å². The maximum absolute atomic E-state index is 12.5. The number of hydrogen-bond donors (Lipinski definition) is 2. The molecule has 10 nitrogen and oxygen atoms in total. The number of nitrogens with zero attached hydrogens (tertiary/aromatic N) is 4. The summed E-state index contributed by atoms with van der Waals surface area (Å²) < 4.78 is 19.4. The Labute approximate surface area is 179 Å². The SMILES string of the molecule is C=CCO[C@@H]1[C@H](NC(=O)OC(C)(C)C)[C@@H](CC)O[C@H]1n1cnc2c(Cl)nc(N)nc21. The highest BCUT2D eigenvalue weighted by Crippen LogP contribution is 2.36. The molecule has 0 aromatic carbocycles. The summed E-state index contributed by atoms with van der Waals surface area (Å²) in [4.78, 5) is 24.9. The van der Waals surface area contributed by atoms with Crippen molar-refractivity contribution < 1.29 is 19.0 Å². The monoisotopic (exact) mass is 438 g/mol. The van der Waals surface area contributed by atoms with Gasteiger partial charge in [-0.1, -0.05) is 24.6 Å². The van der Waals surface area contributed by atoms with Crippen molar-refractivity contribution in [3.8, 4) is 0 Å². The minimum atomic E-state index is -0.634. The minimum Gasteiger partial charge on any atom is -0.444 e. The molecule has 11 heteroatoms. The van der Waals surface area contributed by atoms with Crippen LogP contribution in [0.4, 0.5) is 10.7 Å². The lowest BCUT2D eigenvalue weighted by Crippen LogP contribution is -2.49. The van der Waals surface area contributed by atoms with Crippen molar-refractivity contribution in [2.75, 3.05) is 12.3 Å². The van der Waals surface area contributed by atoms with Crippen LogP contribution in [0.2, 0.25) is 5.15 Å². The summed E-state index contributed by atoms with van der Waals surface area (Å²) in [5.41, 5.74) is 5.95. The van der Waals surface area contributed by atoms with E-state index in [0.717, 1.165) is 0 Å². The molecule has 3 rings (SSSR count). The Hall–Kier alpha value is -2.43. The number of fused-ring (bicyclic) bond motifs is 1. The molecule has 0 aliphatic carbocycles. The molecule has 0 bridgehead atoms. The zero-order chi connectivity index (χ0) is 22.1. The summed E-state index contributed by atoms with van der Waals surface area (Å²) >= 11 is 6.15. The molecule has 30 heavy (non-hydrogen) atoms. The number of hydrogen-bond acceptors (Lipinski definition) is 8.